The summed E-state index contributed by atoms with van der Waals surface area (Å²) in [5, 5.41) is 0. The summed E-state index contributed by atoms with van der Waals surface area (Å²) >= 11 is 0. The monoisotopic (exact) mass is 325 g/mol. The molecule has 25 heavy (non-hydrogen) atoms. The molecule has 0 saturated carbocycles. The van der Waals surface area contributed by atoms with E-state index in [-0.39, 0.29) is 0 Å². The Kier molecular flexibility index (Phi) is 4.13. The Morgan fingerprint density at radius 1 is 0.880 bits per heavy atom. The van der Waals surface area contributed by atoms with Crippen LogP contribution in [0.1, 0.15) is 23.9 Å². The van der Waals surface area contributed by atoms with Crippen molar-refractivity contribution in [3.63, 3.8) is 0 Å². The van der Waals surface area contributed by atoms with Crippen molar-refractivity contribution in [1.29, 1.82) is 0 Å². The molecule has 2 heterocycles. The molecule has 122 valence electrons. The average molecular weight is 325 g/mol. The molecule has 0 N–H and O–H groups in total. The van der Waals surface area contributed by atoms with E-state index >= 15 is 0 Å². The first-order valence-corrected chi connectivity index (χ1v) is 8.51. The predicted molar refractivity (Wildman–Crippen MR) is 104 cm³/mol. The fourth-order valence-electron chi connectivity index (χ4n) is 2.92. The molecule has 0 fully saturated rings. The van der Waals surface area contributed by atoms with Crippen LogP contribution in [0.3, 0.4) is 0 Å². The zero-order valence-corrected chi connectivity index (χ0v) is 14.1. The van der Waals surface area contributed by atoms with Crippen LogP contribution < -0.4 is 0 Å². The number of hydrogen-bond donors (Lipinski definition) is 0. The van der Waals surface area contributed by atoms with Crippen LogP contribution in [-0.2, 0) is 6.42 Å². The number of aryl methyl sites for hydroxylation is 1. The summed E-state index contributed by atoms with van der Waals surface area (Å²) in [5.41, 5.74) is 4.53. The number of imidazole rings is 1. The molecular weight excluding hydrogens is 306 g/mol. The third-order valence-electron chi connectivity index (χ3n) is 4.28. The summed E-state index contributed by atoms with van der Waals surface area (Å²) in [6.07, 6.45) is 7.01. The van der Waals surface area contributed by atoms with Crippen molar-refractivity contribution in [3.05, 3.63) is 89.9 Å². The lowest BCUT2D eigenvalue weighted by Crippen LogP contribution is -1.99. The molecule has 0 radical (unpaired) electrons. The maximum atomic E-state index is 4.77. The second-order valence-electron chi connectivity index (χ2n) is 5.91. The third-order valence-corrected chi connectivity index (χ3v) is 4.28. The summed E-state index contributed by atoms with van der Waals surface area (Å²) in [5.74, 6) is 1.75. The van der Waals surface area contributed by atoms with E-state index in [9.17, 15) is 0 Å². The van der Waals surface area contributed by atoms with Gasteiger partial charge in [-0.1, -0.05) is 55.5 Å². The minimum absolute atomic E-state index is 0.872. The molecular formula is C22H19N3. The number of nitrogens with zero attached hydrogens (tertiary/aromatic N) is 3. The molecule has 3 heteroatoms. The van der Waals surface area contributed by atoms with Crippen LogP contribution in [0, 0.1) is 0 Å². The van der Waals surface area contributed by atoms with Crippen LogP contribution in [0.25, 0.3) is 29.0 Å². The third kappa shape index (κ3) is 3.09. The predicted octanol–water partition coefficient (Wildman–Crippen LogP) is 5.15. The lowest BCUT2D eigenvalue weighted by Gasteiger charge is -2.05. The number of aromatic nitrogens is 3. The lowest BCUT2D eigenvalue weighted by molar-refractivity contribution is 1.01. The smallest absolute Gasteiger partial charge is 0.139 e. The van der Waals surface area contributed by atoms with E-state index in [4.69, 9.17) is 4.98 Å². The molecule has 4 aromatic rings. The van der Waals surface area contributed by atoms with Gasteiger partial charge in [-0.05, 0) is 47.9 Å². The highest BCUT2D eigenvalue weighted by Crippen LogP contribution is 2.21. The molecule has 2 aromatic carbocycles. The summed E-state index contributed by atoms with van der Waals surface area (Å²) in [7, 11) is 0. The minimum Gasteiger partial charge on any atom is -0.277 e. The second kappa shape index (κ2) is 6.73. The van der Waals surface area contributed by atoms with Gasteiger partial charge in [-0.25, -0.2) is 9.97 Å². The van der Waals surface area contributed by atoms with E-state index in [1.165, 1.54) is 5.56 Å². The molecule has 0 unspecified atom stereocenters. The van der Waals surface area contributed by atoms with Gasteiger partial charge in [-0.3, -0.25) is 4.57 Å². The van der Waals surface area contributed by atoms with Crippen molar-refractivity contribution in [3.8, 4) is 5.82 Å². The van der Waals surface area contributed by atoms with E-state index in [2.05, 4.69) is 59.0 Å². The summed E-state index contributed by atoms with van der Waals surface area (Å²) in [4.78, 5) is 9.27. The fraction of sp³-hybridized carbons (Fsp3) is 0.0909. The van der Waals surface area contributed by atoms with Crippen molar-refractivity contribution < 1.29 is 0 Å². The SMILES string of the molecule is CCc1ccc(/C=C/c2nc3ccccc3n2-c2ccccn2)cc1. The summed E-state index contributed by atoms with van der Waals surface area (Å²) in [6.45, 7) is 2.17. The number of benzene rings is 2. The second-order valence-corrected chi connectivity index (χ2v) is 5.91. The first kappa shape index (κ1) is 15.3. The number of hydrogen-bond acceptors (Lipinski definition) is 2. The average Bonchev–Trinajstić information content (AvgIpc) is 3.06. The van der Waals surface area contributed by atoms with Crippen molar-refractivity contribution in [2.75, 3.05) is 0 Å². The van der Waals surface area contributed by atoms with E-state index in [1.54, 1.807) is 6.20 Å². The maximum Gasteiger partial charge on any atom is 0.139 e. The Morgan fingerprint density at radius 3 is 2.44 bits per heavy atom. The van der Waals surface area contributed by atoms with Gasteiger partial charge in [-0.15, -0.1) is 0 Å². The molecule has 4 rings (SSSR count). The molecule has 0 atom stereocenters. The summed E-state index contributed by atoms with van der Waals surface area (Å²) < 4.78 is 2.09. The van der Waals surface area contributed by atoms with E-state index in [1.807, 2.05) is 36.4 Å². The Balaban J connectivity index is 1.79. The molecule has 3 nitrogen and oxygen atoms in total. The molecule has 0 amide bonds. The lowest BCUT2D eigenvalue weighted by atomic mass is 10.1. The van der Waals surface area contributed by atoms with Crippen LogP contribution in [0.15, 0.2) is 72.9 Å². The van der Waals surface area contributed by atoms with E-state index < -0.39 is 0 Å². The quantitative estimate of drug-likeness (QED) is 0.519. The summed E-state index contributed by atoms with van der Waals surface area (Å²) in [6, 6.07) is 22.7. The van der Waals surface area contributed by atoms with Crippen molar-refractivity contribution >= 4 is 23.2 Å². The topological polar surface area (TPSA) is 30.7 Å². The zero-order chi connectivity index (χ0) is 17.1. The minimum atomic E-state index is 0.872. The fourth-order valence-corrected chi connectivity index (χ4v) is 2.92. The van der Waals surface area contributed by atoms with Gasteiger partial charge in [0.05, 0.1) is 11.0 Å². The van der Waals surface area contributed by atoms with Crippen LogP contribution >= 0.6 is 0 Å². The van der Waals surface area contributed by atoms with Crippen LogP contribution in [0.5, 0.6) is 0 Å². The highest BCUT2D eigenvalue weighted by atomic mass is 15.1. The number of pyridine rings is 1. The molecule has 2 aromatic heterocycles. The molecule has 0 saturated heterocycles. The Morgan fingerprint density at radius 2 is 1.68 bits per heavy atom. The first-order valence-electron chi connectivity index (χ1n) is 8.51. The van der Waals surface area contributed by atoms with Gasteiger partial charge in [0.15, 0.2) is 0 Å². The molecule has 0 aliphatic rings. The highest BCUT2D eigenvalue weighted by Gasteiger charge is 2.10. The van der Waals surface area contributed by atoms with Gasteiger partial charge >= 0.3 is 0 Å². The Labute approximate surface area is 147 Å². The van der Waals surface area contributed by atoms with Gasteiger partial charge in [0.25, 0.3) is 0 Å². The normalized spacial score (nSPS) is 11.4. The maximum absolute atomic E-state index is 4.77. The van der Waals surface area contributed by atoms with Gasteiger partial charge in [0.1, 0.15) is 11.6 Å². The highest BCUT2D eigenvalue weighted by molar-refractivity contribution is 5.81. The first-order chi connectivity index (χ1) is 12.3. The van der Waals surface area contributed by atoms with Gasteiger partial charge in [0, 0.05) is 6.20 Å². The Hall–Kier alpha value is -3.20. The van der Waals surface area contributed by atoms with Crippen LogP contribution in [0.2, 0.25) is 0 Å². The molecule has 0 aliphatic heterocycles. The van der Waals surface area contributed by atoms with Crippen LogP contribution in [0.4, 0.5) is 0 Å². The number of rotatable bonds is 4. The number of fused-ring (bicyclic) bond motifs is 1. The van der Waals surface area contributed by atoms with Crippen molar-refractivity contribution in [1.82, 2.24) is 14.5 Å². The van der Waals surface area contributed by atoms with Gasteiger partial charge in [0.2, 0.25) is 0 Å². The van der Waals surface area contributed by atoms with E-state index in [0.29, 0.717) is 0 Å². The van der Waals surface area contributed by atoms with Crippen molar-refractivity contribution in [2.45, 2.75) is 13.3 Å². The van der Waals surface area contributed by atoms with Gasteiger partial charge < -0.3 is 0 Å². The van der Waals surface area contributed by atoms with E-state index in [0.717, 1.165) is 34.7 Å². The Bertz CT molecular complexity index is 1010. The van der Waals surface area contributed by atoms with Gasteiger partial charge in [-0.2, -0.15) is 0 Å². The molecule has 0 bridgehead atoms. The number of para-hydroxylation sites is 2. The molecule has 0 spiro atoms. The van der Waals surface area contributed by atoms with Crippen LogP contribution in [-0.4, -0.2) is 14.5 Å². The largest absolute Gasteiger partial charge is 0.277 e. The zero-order valence-electron chi connectivity index (χ0n) is 14.1. The standard InChI is InChI=1S/C22H19N3/c1-2-17-10-12-18(13-11-17)14-15-22-24-19-7-3-4-8-20(19)25(22)21-9-5-6-16-23-21/h3-16H,2H2,1H3/b15-14+. The molecule has 0 aliphatic carbocycles. The van der Waals surface area contributed by atoms with Crippen molar-refractivity contribution in [2.24, 2.45) is 0 Å².